The summed E-state index contributed by atoms with van der Waals surface area (Å²) >= 11 is 0. The van der Waals surface area contributed by atoms with Crippen LogP contribution >= 0.6 is 0 Å². The predicted octanol–water partition coefficient (Wildman–Crippen LogP) is 3.11. The number of nitro groups is 1. The van der Waals surface area contributed by atoms with Gasteiger partial charge in [-0.15, -0.1) is 0 Å². The molecule has 0 spiro atoms. The summed E-state index contributed by atoms with van der Waals surface area (Å²) < 4.78 is 7.28. The second-order valence-corrected chi connectivity index (χ2v) is 5.15. The summed E-state index contributed by atoms with van der Waals surface area (Å²) in [7, 11) is 1.68. The SMILES string of the molecule is COCCn1c(C)cc(/C=N/Nc2cccc([N+](=O)[O-])c2)c1C. The summed E-state index contributed by atoms with van der Waals surface area (Å²) in [5.41, 5.74) is 6.66. The molecule has 0 aliphatic rings. The first-order valence-electron chi connectivity index (χ1n) is 7.22. The molecule has 122 valence electrons. The number of hydrogen-bond donors (Lipinski definition) is 1. The van der Waals surface area contributed by atoms with Crippen LogP contribution in [0.3, 0.4) is 0 Å². The van der Waals surface area contributed by atoms with Gasteiger partial charge in [0.05, 0.1) is 23.4 Å². The van der Waals surface area contributed by atoms with Crippen LogP contribution in [0.5, 0.6) is 0 Å². The largest absolute Gasteiger partial charge is 0.383 e. The third-order valence-corrected chi connectivity index (χ3v) is 3.59. The van der Waals surface area contributed by atoms with Crippen molar-refractivity contribution in [2.45, 2.75) is 20.4 Å². The molecular formula is C16H20N4O3. The molecule has 0 unspecified atom stereocenters. The third-order valence-electron chi connectivity index (χ3n) is 3.59. The van der Waals surface area contributed by atoms with Crippen molar-refractivity contribution in [3.63, 3.8) is 0 Å². The van der Waals surface area contributed by atoms with E-state index in [4.69, 9.17) is 4.74 Å². The van der Waals surface area contributed by atoms with E-state index in [1.54, 1.807) is 25.5 Å². The highest BCUT2D eigenvalue weighted by Gasteiger charge is 2.07. The number of benzene rings is 1. The van der Waals surface area contributed by atoms with Crippen molar-refractivity contribution in [1.82, 2.24) is 4.57 Å². The van der Waals surface area contributed by atoms with Gasteiger partial charge < -0.3 is 9.30 Å². The summed E-state index contributed by atoms with van der Waals surface area (Å²) in [5, 5.41) is 14.9. The Hall–Kier alpha value is -2.67. The van der Waals surface area contributed by atoms with E-state index in [9.17, 15) is 10.1 Å². The predicted molar refractivity (Wildman–Crippen MR) is 90.1 cm³/mol. The van der Waals surface area contributed by atoms with Gasteiger partial charge in [0.25, 0.3) is 5.69 Å². The van der Waals surface area contributed by atoms with Crippen molar-refractivity contribution in [2.75, 3.05) is 19.1 Å². The first kappa shape index (κ1) is 16.7. The van der Waals surface area contributed by atoms with Crippen LogP contribution in [0.4, 0.5) is 11.4 Å². The number of hydrazone groups is 1. The molecule has 2 aromatic rings. The molecule has 1 aromatic heterocycles. The summed E-state index contributed by atoms with van der Waals surface area (Å²) in [4.78, 5) is 10.3. The lowest BCUT2D eigenvalue weighted by molar-refractivity contribution is -0.384. The molecule has 0 aliphatic heterocycles. The smallest absolute Gasteiger partial charge is 0.271 e. The van der Waals surface area contributed by atoms with Crippen molar-refractivity contribution < 1.29 is 9.66 Å². The maximum Gasteiger partial charge on any atom is 0.271 e. The van der Waals surface area contributed by atoms with E-state index in [1.165, 1.54) is 12.1 Å². The van der Waals surface area contributed by atoms with E-state index >= 15 is 0 Å². The van der Waals surface area contributed by atoms with Crippen molar-refractivity contribution >= 4 is 17.6 Å². The summed E-state index contributed by atoms with van der Waals surface area (Å²) in [6.07, 6.45) is 1.71. The van der Waals surface area contributed by atoms with E-state index < -0.39 is 4.92 Å². The van der Waals surface area contributed by atoms with Gasteiger partial charge in [-0.3, -0.25) is 15.5 Å². The van der Waals surface area contributed by atoms with Gasteiger partial charge in [-0.05, 0) is 26.0 Å². The van der Waals surface area contributed by atoms with Crippen molar-refractivity contribution in [1.29, 1.82) is 0 Å². The molecule has 0 radical (unpaired) electrons. The van der Waals surface area contributed by atoms with Gasteiger partial charge in [-0.2, -0.15) is 5.10 Å². The van der Waals surface area contributed by atoms with Gasteiger partial charge >= 0.3 is 0 Å². The van der Waals surface area contributed by atoms with Gasteiger partial charge in [0.15, 0.2) is 0 Å². The fourth-order valence-electron chi connectivity index (χ4n) is 2.35. The van der Waals surface area contributed by atoms with Gasteiger partial charge in [0.2, 0.25) is 0 Å². The average Bonchev–Trinajstić information content (AvgIpc) is 2.80. The minimum Gasteiger partial charge on any atom is -0.383 e. The van der Waals surface area contributed by atoms with Gasteiger partial charge in [-0.1, -0.05) is 6.07 Å². The molecule has 2 rings (SSSR count). The average molecular weight is 316 g/mol. The third kappa shape index (κ3) is 4.17. The number of aromatic nitrogens is 1. The minimum absolute atomic E-state index is 0.0305. The van der Waals surface area contributed by atoms with E-state index in [2.05, 4.69) is 15.1 Å². The highest BCUT2D eigenvalue weighted by atomic mass is 16.6. The topological polar surface area (TPSA) is 81.7 Å². The zero-order valence-electron chi connectivity index (χ0n) is 13.4. The molecule has 0 aliphatic carbocycles. The summed E-state index contributed by atoms with van der Waals surface area (Å²) in [5.74, 6) is 0. The van der Waals surface area contributed by atoms with Crippen LogP contribution in [0, 0.1) is 24.0 Å². The molecule has 1 heterocycles. The van der Waals surface area contributed by atoms with Gasteiger partial charge in [-0.25, -0.2) is 0 Å². The minimum atomic E-state index is -0.432. The number of rotatable bonds is 7. The Morgan fingerprint density at radius 2 is 2.17 bits per heavy atom. The summed E-state index contributed by atoms with van der Waals surface area (Å²) in [6, 6.07) is 8.28. The maximum atomic E-state index is 10.7. The van der Waals surface area contributed by atoms with E-state index in [0.717, 1.165) is 23.5 Å². The highest BCUT2D eigenvalue weighted by Crippen LogP contribution is 2.17. The zero-order valence-corrected chi connectivity index (χ0v) is 13.4. The van der Waals surface area contributed by atoms with E-state index in [1.807, 2.05) is 19.9 Å². The standard InChI is InChI=1S/C16H20N4O3/c1-12-9-14(13(2)19(12)7-8-23-3)11-17-18-15-5-4-6-16(10-15)20(21)22/h4-6,9-11,18H,7-8H2,1-3H3/b17-11+. The molecule has 1 aromatic carbocycles. The van der Waals surface area contributed by atoms with Crippen LogP contribution in [0.25, 0.3) is 0 Å². The van der Waals surface area contributed by atoms with Crippen LogP contribution in [-0.4, -0.2) is 29.4 Å². The van der Waals surface area contributed by atoms with Crippen molar-refractivity contribution in [3.05, 3.63) is 57.4 Å². The Bertz CT molecular complexity index is 722. The number of nitro benzene ring substituents is 1. The molecule has 23 heavy (non-hydrogen) atoms. The zero-order chi connectivity index (χ0) is 16.8. The number of anilines is 1. The van der Waals surface area contributed by atoms with Crippen LogP contribution in [0.2, 0.25) is 0 Å². The van der Waals surface area contributed by atoms with Crippen molar-refractivity contribution in [2.24, 2.45) is 5.10 Å². The molecular weight excluding hydrogens is 296 g/mol. The number of aryl methyl sites for hydroxylation is 1. The summed E-state index contributed by atoms with van der Waals surface area (Å²) in [6.45, 7) is 5.50. The molecule has 7 nitrogen and oxygen atoms in total. The molecule has 0 bridgehead atoms. The fraction of sp³-hybridized carbons (Fsp3) is 0.312. The van der Waals surface area contributed by atoms with Gasteiger partial charge in [0.1, 0.15) is 0 Å². The fourth-order valence-corrected chi connectivity index (χ4v) is 2.35. The Balaban J connectivity index is 2.09. The molecule has 0 fully saturated rings. The molecule has 1 N–H and O–H groups in total. The van der Waals surface area contributed by atoms with Gasteiger partial charge in [0, 0.05) is 42.7 Å². The lowest BCUT2D eigenvalue weighted by Gasteiger charge is -2.08. The molecule has 0 saturated carbocycles. The van der Waals surface area contributed by atoms with E-state index in [0.29, 0.717) is 12.3 Å². The second kappa shape index (κ2) is 7.55. The monoisotopic (exact) mass is 316 g/mol. The number of nitrogens with zero attached hydrogens (tertiary/aromatic N) is 3. The number of ether oxygens (including phenoxy) is 1. The Morgan fingerprint density at radius 3 is 2.87 bits per heavy atom. The maximum absolute atomic E-state index is 10.7. The molecule has 0 saturated heterocycles. The number of hydrogen-bond acceptors (Lipinski definition) is 5. The van der Waals surface area contributed by atoms with Crippen LogP contribution in [0.15, 0.2) is 35.4 Å². The normalized spacial score (nSPS) is 11.1. The van der Waals surface area contributed by atoms with Crippen LogP contribution in [-0.2, 0) is 11.3 Å². The quantitative estimate of drug-likeness (QED) is 0.483. The molecule has 7 heteroatoms. The number of non-ortho nitro benzene ring substituents is 1. The lowest BCUT2D eigenvalue weighted by atomic mass is 10.3. The first-order valence-corrected chi connectivity index (χ1v) is 7.22. The number of nitrogens with one attached hydrogen (secondary N) is 1. The van der Waals surface area contributed by atoms with Crippen LogP contribution in [0.1, 0.15) is 17.0 Å². The Morgan fingerprint density at radius 1 is 1.39 bits per heavy atom. The van der Waals surface area contributed by atoms with Crippen LogP contribution < -0.4 is 5.43 Å². The molecule has 0 amide bonds. The highest BCUT2D eigenvalue weighted by molar-refractivity contribution is 5.82. The van der Waals surface area contributed by atoms with Crippen molar-refractivity contribution in [3.8, 4) is 0 Å². The van der Waals surface area contributed by atoms with E-state index in [-0.39, 0.29) is 5.69 Å². The lowest BCUT2D eigenvalue weighted by Crippen LogP contribution is -2.07. The number of methoxy groups -OCH3 is 1. The first-order chi connectivity index (χ1) is 11.0. The molecule has 0 atom stereocenters. The Kier molecular flexibility index (Phi) is 5.48. The second-order valence-electron chi connectivity index (χ2n) is 5.15. The Labute approximate surface area is 134 Å².